The van der Waals surface area contributed by atoms with E-state index in [1.54, 1.807) is 6.20 Å². The Balaban J connectivity index is 1.41. The van der Waals surface area contributed by atoms with E-state index in [1.165, 1.54) is 11.3 Å². The molecular weight excluding hydrogens is 336 g/mol. The number of nitrogens with one attached hydrogen (secondary N) is 1. The molecule has 4 heterocycles. The molecule has 2 amide bonds. The van der Waals surface area contributed by atoms with Crippen LogP contribution in [0.25, 0.3) is 0 Å². The molecule has 0 saturated carbocycles. The summed E-state index contributed by atoms with van der Waals surface area (Å²) in [5, 5.41) is 3.67. The van der Waals surface area contributed by atoms with Crippen LogP contribution in [0.4, 0.5) is 9.93 Å². The molecule has 25 heavy (non-hydrogen) atoms. The number of ether oxygens (including phenoxy) is 1. The van der Waals surface area contributed by atoms with Crippen molar-refractivity contribution in [3.05, 3.63) is 35.0 Å². The van der Waals surface area contributed by atoms with E-state index in [-0.39, 0.29) is 24.2 Å². The van der Waals surface area contributed by atoms with E-state index >= 15 is 0 Å². The monoisotopic (exact) mass is 358 g/mol. The fourth-order valence-corrected chi connectivity index (χ4v) is 4.63. The lowest BCUT2D eigenvalue weighted by Gasteiger charge is -2.38. The number of nitrogens with zero attached hydrogens (tertiary/aromatic N) is 3. The summed E-state index contributed by atoms with van der Waals surface area (Å²) in [5.74, 6) is 0.665. The zero-order valence-electron chi connectivity index (χ0n) is 14.4. The van der Waals surface area contributed by atoms with Crippen LogP contribution in [0, 0.1) is 13.8 Å². The number of anilines is 1. The van der Waals surface area contributed by atoms with Crippen molar-refractivity contribution >= 4 is 22.5 Å². The number of fused-ring (bicyclic) bond motifs is 2. The van der Waals surface area contributed by atoms with Gasteiger partial charge in [-0.15, -0.1) is 11.3 Å². The zero-order valence-corrected chi connectivity index (χ0v) is 15.3. The SMILES string of the molecule is Cc1nc(NC(=O)N2C3CCC2CC(Oc2ccccn2)C3)sc1C. The number of rotatable bonds is 3. The molecule has 2 fully saturated rings. The Morgan fingerprint density at radius 1 is 1.28 bits per heavy atom. The lowest BCUT2D eigenvalue weighted by Crippen LogP contribution is -2.50. The molecule has 2 saturated heterocycles. The van der Waals surface area contributed by atoms with Gasteiger partial charge in [-0.25, -0.2) is 14.8 Å². The first-order valence-electron chi connectivity index (χ1n) is 8.71. The molecule has 0 radical (unpaired) electrons. The number of urea groups is 1. The number of amides is 2. The third kappa shape index (κ3) is 3.33. The van der Waals surface area contributed by atoms with Crippen molar-refractivity contribution in [2.75, 3.05) is 5.32 Å². The molecule has 2 aromatic heterocycles. The number of hydrogen-bond donors (Lipinski definition) is 1. The lowest BCUT2D eigenvalue weighted by atomic mass is 10.00. The predicted octanol–water partition coefficient (Wildman–Crippen LogP) is 3.76. The van der Waals surface area contributed by atoms with Gasteiger partial charge in [0.2, 0.25) is 5.88 Å². The van der Waals surface area contributed by atoms with Gasteiger partial charge in [0.25, 0.3) is 0 Å². The highest BCUT2D eigenvalue weighted by atomic mass is 32.1. The summed E-state index contributed by atoms with van der Waals surface area (Å²) < 4.78 is 6.02. The molecule has 2 unspecified atom stereocenters. The van der Waals surface area contributed by atoms with Gasteiger partial charge in [0, 0.05) is 42.1 Å². The zero-order chi connectivity index (χ0) is 17.4. The summed E-state index contributed by atoms with van der Waals surface area (Å²) in [6.45, 7) is 3.98. The maximum atomic E-state index is 12.7. The Kier molecular flexibility index (Phi) is 4.33. The van der Waals surface area contributed by atoms with E-state index in [4.69, 9.17) is 4.74 Å². The summed E-state index contributed by atoms with van der Waals surface area (Å²) in [7, 11) is 0. The molecule has 2 aromatic rings. The van der Waals surface area contributed by atoms with Crippen molar-refractivity contribution in [2.45, 2.75) is 57.7 Å². The van der Waals surface area contributed by atoms with Crippen molar-refractivity contribution in [1.82, 2.24) is 14.9 Å². The van der Waals surface area contributed by atoms with Crippen LogP contribution in [-0.2, 0) is 0 Å². The second-order valence-electron chi connectivity index (χ2n) is 6.76. The highest BCUT2D eigenvalue weighted by Crippen LogP contribution is 2.37. The summed E-state index contributed by atoms with van der Waals surface area (Å²) in [4.78, 5) is 24.5. The van der Waals surface area contributed by atoms with Gasteiger partial charge < -0.3 is 9.64 Å². The van der Waals surface area contributed by atoms with Crippen LogP contribution in [0.1, 0.15) is 36.3 Å². The van der Waals surface area contributed by atoms with Crippen LogP contribution < -0.4 is 10.1 Å². The standard InChI is InChI=1S/C18H22N4O2S/c1-11-12(2)25-17(20-11)21-18(23)22-13-6-7-14(22)10-15(9-13)24-16-5-3-4-8-19-16/h3-5,8,13-15H,6-7,9-10H2,1-2H3,(H,20,21,23). The predicted molar refractivity (Wildman–Crippen MR) is 97.1 cm³/mol. The van der Waals surface area contributed by atoms with Gasteiger partial charge in [0.05, 0.1) is 5.69 Å². The minimum atomic E-state index is -0.0301. The quantitative estimate of drug-likeness (QED) is 0.907. The first-order chi connectivity index (χ1) is 12.1. The second kappa shape index (κ2) is 6.63. The van der Waals surface area contributed by atoms with Crippen LogP contribution >= 0.6 is 11.3 Å². The van der Waals surface area contributed by atoms with Gasteiger partial charge in [-0.2, -0.15) is 0 Å². The highest BCUT2D eigenvalue weighted by Gasteiger charge is 2.44. The van der Waals surface area contributed by atoms with Crippen LogP contribution in [0.15, 0.2) is 24.4 Å². The normalized spacial score (nSPS) is 25.0. The third-order valence-corrected chi connectivity index (χ3v) is 6.08. The van der Waals surface area contributed by atoms with Crippen molar-refractivity contribution < 1.29 is 9.53 Å². The second-order valence-corrected chi connectivity index (χ2v) is 7.97. The average molecular weight is 358 g/mol. The largest absolute Gasteiger partial charge is 0.474 e. The van der Waals surface area contributed by atoms with Crippen LogP contribution in [-0.4, -0.2) is 39.1 Å². The number of carbonyl (C=O) groups excluding carboxylic acids is 1. The molecular formula is C18H22N4O2S. The molecule has 2 bridgehead atoms. The maximum Gasteiger partial charge on any atom is 0.324 e. The van der Waals surface area contributed by atoms with Crippen LogP contribution in [0.5, 0.6) is 5.88 Å². The molecule has 0 spiro atoms. The van der Waals surface area contributed by atoms with Crippen molar-refractivity contribution in [3.63, 3.8) is 0 Å². The molecule has 2 atom stereocenters. The van der Waals surface area contributed by atoms with E-state index < -0.39 is 0 Å². The first-order valence-corrected chi connectivity index (χ1v) is 9.53. The Morgan fingerprint density at radius 2 is 2.04 bits per heavy atom. The Labute approximate surface area is 151 Å². The number of carbonyl (C=O) groups is 1. The maximum absolute atomic E-state index is 12.7. The molecule has 2 aliphatic heterocycles. The minimum absolute atomic E-state index is 0.0301. The smallest absolute Gasteiger partial charge is 0.324 e. The van der Waals surface area contributed by atoms with E-state index in [1.807, 2.05) is 36.9 Å². The van der Waals surface area contributed by atoms with Crippen molar-refractivity contribution in [1.29, 1.82) is 0 Å². The molecule has 7 heteroatoms. The van der Waals surface area contributed by atoms with Crippen LogP contribution in [0.3, 0.4) is 0 Å². The summed E-state index contributed by atoms with van der Waals surface area (Å²) in [5.41, 5.74) is 0.978. The Morgan fingerprint density at radius 3 is 2.64 bits per heavy atom. The fraction of sp³-hybridized carbons (Fsp3) is 0.500. The van der Waals surface area contributed by atoms with E-state index in [9.17, 15) is 4.79 Å². The van der Waals surface area contributed by atoms with Gasteiger partial charge >= 0.3 is 6.03 Å². The average Bonchev–Trinajstić information content (AvgIpc) is 3.04. The molecule has 132 valence electrons. The topological polar surface area (TPSA) is 67.4 Å². The number of aromatic nitrogens is 2. The summed E-state index contributed by atoms with van der Waals surface area (Å²) in [6, 6.07) is 6.12. The van der Waals surface area contributed by atoms with Gasteiger partial charge in [-0.3, -0.25) is 5.32 Å². The number of hydrogen-bond acceptors (Lipinski definition) is 5. The molecule has 0 aliphatic carbocycles. The van der Waals surface area contributed by atoms with Gasteiger partial charge in [-0.1, -0.05) is 6.07 Å². The highest BCUT2D eigenvalue weighted by molar-refractivity contribution is 7.15. The van der Waals surface area contributed by atoms with Gasteiger partial charge in [-0.05, 0) is 32.8 Å². The van der Waals surface area contributed by atoms with E-state index in [0.29, 0.717) is 11.0 Å². The number of aryl methyl sites for hydroxylation is 2. The Bertz CT molecular complexity index is 730. The molecule has 1 N–H and O–H groups in total. The molecule has 6 nitrogen and oxygen atoms in total. The molecule has 0 aromatic carbocycles. The lowest BCUT2D eigenvalue weighted by molar-refractivity contribution is 0.0704. The summed E-state index contributed by atoms with van der Waals surface area (Å²) >= 11 is 1.53. The van der Waals surface area contributed by atoms with Gasteiger partial charge in [0.15, 0.2) is 5.13 Å². The van der Waals surface area contributed by atoms with E-state index in [0.717, 1.165) is 36.3 Å². The van der Waals surface area contributed by atoms with E-state index in [2.05, 4.69) is 15.3 Å². The number of pyridine rings is 1. The third-order valence-electron chi connectivity index (χ3n) is 5.09. The Hall–Kier alpha value is -2.15. The molecule has 2 aliphatic rings. The number of thiazole rings is 1. The van der Waals surface area contributed by atoms with Crippen LogP contribution in [0.2, 0.25) is 0 Å². The minimum Gasteiger partial charge on any atom is -0.474 e. The fourth-order valence-electron chi connectivity index (χ4n) is 3.82. The van der Waals surface area contributed by atoms with Gasteiger partial charge in [0.1, 0.15) is 6.10 Å². The molecule has 4 rings (SSSR count). The first kappa shape index (κ1) is 16.3. The summed E-state index contributed by atoms with van der Waals surface area (Å²) in [6.07, 6.45) is 5.66. The number of piperidine rings is 1. The van der Waals surface area contributed by atoms with Crippen molar-refractivity contribution in [2.24, 2.45) is 0 Å². The van der Waals surface area contributed by atoms with Crippen molar-refractivity contribution in [3.8, 4) is 5.88 Å².